The molecule has 2 atom stereocenters. The summed E-state index contributed by atoms with van der Waals surface area (Å²) in [4.78, 5) is 15.1. The number of nitrogens with two attached hydrogens (primary N) is 1. The van der Waals surface area contributed by atoms with Gasteiger partial charge in [0.15, 0.2) is 0 Å². The van der Waals surface area contributed by atoms with E-state index in [-0.39, 0.29) is 43.8 Å². The number of aryl methyl sites for hydroxylation is 1. The van der Waals surface area contributed by atoms with Crippen molar-refractivity contribution < 1.29 is 34.4 Å². The van der Waals surface area contributed by atoms with Gasteiger partial charge in [-0.25, -0.2) is 34.8 Å². The Morgan fingerprint density at radius 3 is 2.19 bits per heavy atom. The standard InChI is InChI=1S/C25H26BrCl2FN4O7S3/c1-15-9-21(29)20(26)13-22(15)32-43(39,40)25(24(34)33-7-3-2-4-8-33)14-18(5-6-23(25)41(30,35)36)31-42(37,38)19-11-16(27)10-17(28)12-19/h5-6,9-14,23,31-32H,2-4,7-8H2,1H3,(H2,30,35,36). The Morgan fingerprint density at radius 1 is 1.00 bits per heavy atom. The fourth-order valence-electron chi connectivity index (χ4n) is 4.87. The highest BCUT2D eigenvalue weighted by atomic mass is 79.9. The average molecular weight is 761 g/mol. The number of sulfonamides is 3. The molecule has 4 rings (SSSR count). The summed E-state index contributed by atoms with van der Waals surface area (Å²) in [5.74, 6) is -1.83. The van der Waals surface area contributed by atoms with Crippen molar-refractivity contribution in [3.63, 3.8) is 0 Å². The minimum absolute atomic E-state index is 0.00226. The number of likely N-dealkylation sites (tertiary alicyclic amines) is 1. The van der Waals surface area contributed by atoms with E-state index in [4.69, 9.17) is 28.3 Å². The van der Waals surface area contributed by atoms with Crippen LogP contribution in [0.15, 0.2) is 63.6 Å². The second kappa shape index (κ2) is 12.3. The van der Waals surface area contributed by atoms with Crippen LogP contribution in [0, 0.1) is 12.7 Å². The molecular formula is C25H26BrCl2FN4O7S3. The van der Waals surface area contributed by atoms with Crippen LogP contribution < -0.4 is 14.6 Å². The first-order valence-electron chi connectivity index (χ1n) is 12.6. The Labute approximate surface area is 267 Å². The van der Waals surface area contributed by atoms with Crippen LogP contribution in [0.2, 0.25) is 10.0 Å². The molecule has 2 aromatic rings. The smallest absolute Gasteiger partial charge is 0.261 e. The number of halogens is 4. The normalized spacial score (nSPS) is 21.3. The minimum Gasteiger partial charge on any atom is -0.341 e. The van der Waals surface area contributed by atoms with Crippen LogP contribution in [0.1, 0.15) is 24.8 Å². The maximum Gasteiger partial charge on any atom is 0.261 e. The van der Waals surface area contributed by atoms with Crippen molar-refractivity contribution in [1.82, 2.24) is 9.62 Å². The number of benzene rings is 2. The van der Waals surface area contributed by atoms with Crippen molar-refractivity contribution in [2.24, 2.45) is 5.14 Å². The molecule has 0 spiro atoms. The van der Waals surface area contributed by atoms with Crippen LogP contribution in [0.25, 0.3) is 0 Å². The molecule has 1 fully saturated rings. The first kappa shape index (κ1) is 33.7. The zero-order chi connectivity index (χ0) is 32.0. The number of primary sulfonamides is 1. The number of allylic oxidation sites excluding steroid dienone is 1. The Balaban J connectivity index is 1.94. The Bertz CT molecular complexity index is 1850. The summed E-state index contributed by atoms with van der Waals surface area (Å²) < 4.78 is 96.6. The van der Waals surface area contributed by atoms with Gasteiger partial charge in [0.1, 0.15) is 11.1 Å². The lowest BCUT2D eigenvalue weighted by molar-refractivity contribution is -0.133. The summed E-state index contributed by atoms with van der Waals surface area (Å²) in [6, 6.07) is 5.63. The molecule has 4 N–H and O–H groups in total. The van der Waals surface area contributed by atoms with E-state index in [0.717, 1.165) is 48.9 Å². The maximum atomic E-state index is 14.4. The van der Waals surface area contributed by atoms with Gasteiger partial charge in [0.05, 0.1) is 15.1 Å². The number of amides is 1. The molecule has 1 saturated heterocycles. The fourth-order valence-corrected chi connectivity index (χ4v) is 10.4. The van der Waals surface area contributed by atoms with E-state index < -0.39 is 57.5 Å². The summed E-state index contributed by atoms with van der Waals surface area (Å²) in [6.07, 6.45) is 4.36. The van der Waals surface area contributed by atoms with Gasteiger partial charge in [-0.2, -0.15) is 0 Å². The Morgan fingerprint density at radius 2 is 1.60 bits per heavy atom. The molecule has 0 bridgehead atoms. The molecule has 11 nitrogen and oxygen atoms in total. The minimum atomic E-state index is -5.15. The number of nitrogens with zero attached hydrogens (tertiary/aromatic N) is 1. The molecule has 0 saturated carbocycles. The third-order valence-electron chi connectivity index (χ3n) is 6.93. The van der Waals surface area contributed by atoms with Crippen LogP contribution in [0.5, 0.6) is 0 Å². The van der Waals surface area contributed by atoms with Crippen molar-refractivity contribution in [2.45, 2.75) is 41.1 Å². The van der Waals surface area contributed by atoms with Crippen LogP contribution in [0.3, 0.4) is 0 Å². The molecule has 43 heavy (non-hydrogen) atoms. The number of hydrogen-bond donors (Lipinski definition) is 3. The third kappa shape index (κ3) is 6.89. The molecule has 0 aromatic heterocycles. The molecule has 1 amide bonds. The summed E-state index contributed by atoms with van der Waals surface area (Å²) in [6.45, 7) is 1.64. The van der Waals surface area contributed by atoms with Gasteiger partial charge in [0.25, 0.3) is 26.0 Å². The number of nitrogens with one attached hydrogen (secondary N) is 2. The Kier molecular flexibility index (Phi) is 9.63. The van der Waals surface area contributed by atoms with E-state index in [0.29, 0.717) is 12.8 Å². The largest absolute Gasteiger partial charge is 0.341 e. The van der Waals surface area contributed by atoms with Crippen LogP contribution in [0.4, 0.5) is 10.1 Å². The predicted octanol–water partition coefficient (Wildman–Crippen LogP) is 3.79. The number of anilines is 1. The maximum absolute atomic E-state index is 14.4. The van der Waals surface area contributed by atoms with Gasteiger partial charge in [-0.1, -0.05) is 29.3 Å². The molecule has 2 aromatic carbocycles. The second-order valence-corrected chi connectivity index (χ2v) is 17.0. The molecular weight excluding hydrogens is 734 g/mol. The van der Waals surface area contributed by atoms with E-state index in [1.165, 1.54) is 17.9 Å². The summed E-state index contributed by atoms with van der Waals surface area (Å²) in [5.41, 5.74) is -0.485. The first-order valence-corrected chi connectivity index (χ1v) is 18.7. The average Bonchev–Trinajstić information content (AvgIpc) is 2.90. The van der Waals surface area contributed by atoms with Crippen LogP contribution in [-0.4, -0.2) is 59.1 Å². The zero-order valence-corrected chi connectivity index (χ0v) is 27.9. The summed E-state index contributed by atoms with van der Waals surface area (Å²) in [7, 11) is -14.5. The molecule has 2 aliphatic rings. The lowest BCUT2D eigenvalue weighted by atomic mass is 9.94. The van der Waals surface area contributed by atoms with E-state index in [1.807, 2.05) is 0 Å². The van der Waals surface area contributed by atoms with Gasteiger partial charge in [0, 0.05) is 28.8 Å². The molecule has 18 heteroatoms. The van der Waals surface area contributed by atoms with Gasteiger partial charge in [-0.05, 0) is 90.2 Å². The molecule has 0 radical (unpaired) electrons. The molecule has 1 aliphatic carbocycles. The summed E-state index contributed by atoms with van der Waals surface area (Å²) in [5, 5.41) is 3.34. The lowest BCUT2D eigenvalue weighted by Crippen LogP contribution is -2.65. The molecule has 1 heterocycles. The zero-order valence-electron chi connectivity index (χ0n) is 22.4. The number of carbonyl (C=O) groups is 1. The van der Waals surface area contributed by atoms with Crippen molar-refractivity contribution in [1.29, 1.82) is 0 Å². The van der Waals surface area contributed by atoms with E-state index in [2.05, 4.69) is 25.4 Å². The van der Waals surface area contributed by atoms with Crippen molar-refractivity contribution in [3.05, 3.63) is 80.2 Å². The first-order chi connectivity index (χ1) is 19.9. The molecule has 234 valence electrons. The number of carbonyl (C=O) groups excluding carboxylic acids is 1. The highest BCUT2D eigenvalue weighted by Gasteiger charge is 2.61. The topological polar surface area (TPSA) is 173 Å². The molecule has 2 unspecified atom stereocenters. The SMILES string of the molecule is Cc1cc(F)c(Br)cc1NS(=O)(=O)C1(C(=O)N2CCCCC2)C=C(NS(=O)(=O)c2cc(Cl)cc(Cl)c2)C=CC1S(N)(=O)=O. The number of piperidine rings is 1. The highest BCUT2D eigenvalue weighted by Crippen LogP contribution is 2.38. The second-order valence-electron chi connectivity index (χ2n) is 10.0. The monoisotopic (exact) mass is 758 g/mol. The van der Waals surface area contributed by atoms with Crippen molar-refractivity contribution >= 4 is 80.8 Å². The van der Waals surface area contributed by atoms with Gasteiger partial charge < -0.3 is 4.90 Å². The van der Waals surface area contributed by atoms with Gasteiger partial charge in [-0.15, -0.1) is 0 Å². The Hall–Kier alpha value is -2.21. The van der Waals surface area contributed by atoms with Gasteiger partial charge in [-0.3, -0.25) is 14.2 Å². The lowest BCUT2D eigenvalue weighted by Gasteiger charge is -2.40. The van der Waals surface area contributed by atoms with Crippen molar-refractivity contribution in [3.8, 4) is 0 Å². The van der Waals surface area contributed by atoms with Crippen LogP contribution >= 0.6 is 39.1 Å². The quantitative estimate of drug-likeness (QED) is 0.368. The van der Waals surface area contributed by atoms with E-state index in [9.17, 15) is 34.4 Å². The predicted molar refractivity (Wildman–Crippen MR) is 165 cm³/mol. The highest BCUT2D eigenvalue weighted by molar-refractivity contribution is 9.10. The van der Waals surface area contributed by atoms with Crippen molar-refractivity contribution in [2.75, 3.05) is 17.8 Å². The third-order valence-corrected chi connectivity index (χ3v) is 12.6. The summed E-state index contributed by atoms with van der Waals surface area (Å²) >= 11 is 14.9. The number of hydrogen-bond acceptors (Lipinski definition) is 7. The van der Waals surface area contributed by atoms with Crippen LogP contribution in [-0.2, 0) is 34.9 Å². The fraction of sp³-hybridized carbons (Fsp3) is 0.320. The van der Waals surface area contributed by atoms with Gasteiger partial charge in [0.2, 0.25) is 14.8 Å². The van der Waals surface area contributed by atoms with E-state index >= 15 is 0 Å². The van der Waals surface area contributed by atoms with Gasteiger partial charge >= 0.3 is 0 Å². The van der Waals surface area contributed by atoms with E-state index in [1.54, 1.807) is 0 Å². The number of rotatable bonds is 8. The molecule has 1 aliphatic heterocycles.